The van der Waals surface area contributed by atoms with Crippen molar-refractivity contribution in [3.05, 3.63) is 133 Å². The molecule has 2 aliphatic rings. The van der Waals surface area contributed by atoms with Crippen LogP contribution in [-0.4, -0.2) is 14.0 Å². The molecule has 1 aromatic heterocycles. The van der Waals surface area contributed by atoms with Gasteiger partial charge in [0, 0.05) is 43.3 Å². The van der Waals surface area contributed by atoms with Crippen molar-refractivity contribution in [1.82, 2.24) is 0 Å². The minimum absolute atomic E-state index is 0.0232. The smallest absolute Gasteiger partial charge is 0.405 e. The average Bonchev–Trinajstić information content (AvgIpc) is 3.58. The van der Waals surface area contributed by atoms with Gasteiger partial charge in [0.15, 0.2) is 0 Å². The SMILES string of the molecule is CCCCCCc1cc(-c2ccc(B3Nc4cccc5cccc(c45)N3)cc2)sc1-c1ccc(B2Nc3cccc4cccc(c34)N2)cc1. The molecule has 2 aliphatic heterocycles. The molecule has 6 aromatic carbocycles. The summed E-state index contributed by atoms with van der Waals surface area (Å²) in [6, 6.07) is 46.7. The van der Waals surface area contributed by atoms with Crippen molar-refractivity contribution in [2.75, 3.05) is 20.9 Å². The summed E-state index contributed by atoms with van der Waals surface area (Å²) in [5, 5.41) is 20.0. The first-order valence-electron chi connectivity index (χ1n) is 17.6. The molecule has 3 heterocycles. The lowest BCUT2D eigenvalue weighted by Crippen LogP contribution is -2.47. The van der Waals surface area contributed by atoms with Gasteiger partial charge in [0.05, 0.1) is 0 Å². The van der Waals surface area contributed by atoms with E-state index >= 15 is 0 Å². The van der Waals surface area contributed by atoms with Crippen LogP contribution in [0.25, 0.3) is 42.4 Å². The Bertz CT molecular complexity index is 2220. The Hall–Kier alpha value is -5.13. The van der Waals surface area contributed by atoms with Crippen LogP contribution in [0.3, 0.4) is 0 Å². The molecule has 0 spiro atoms. The minimum Gasteiger partial charge on any atom is -0.405 e. The highest BCUT2D eigenvalue weighted by Crippen LogP contribution is 2.40. The number of hydrogen-bond acceptors (Lipinski definition) is 5. The van der Waals surface area contributed by atoms with E-state index in [0.717, 1.165) is 6.42 Å². The molecule has 7 aromatic rings. The number of nitrogens with one attached hydrogen (secondary N) is 4. The van der Waals surface area contributed by atoms with Crippen LogP contribution in [0, 0.1) is 0 Å². The van der Waals surface area contributed by atoms with Crippen molar-refractivity contribution in [1.29, 1.82) is 0 Å². The van der Waals surface area contributed by atoms with Gasteiger partial charge in [0.1, 0.15) is 0 Å². The van der Waals surface area contributed by atoms with Crippen LogP contribution >= 0.6 is 11.3 Å². The van der Waals surface area contributed by atoms with Gasteiger partial charge >= 0.3 is 14.0 Å². The van der Waals surface area contributed by atoms with E-state index < -0.39 is 0 Å². The molecule has 0 aliphatic carbocycles. The Kier molecular flexibility index (Phi) is 7.78. The van der Waals surface area contributed by atoms with E-state index in [0.29, 0.717) is 0 Å². The predicted octanol–water partition coefficient (Wildman–Crippen LogP) is 9.98. The second-order valence-corrected chi connectivity index (χ2v) is 14.4. The van der Waals surface area contributed by atoms with Gasteiger partial charge in [0.25, 0.3) is 0 Å². The normalized spacial score (nSPS) is 13.2. The topological polar surface area (TPSA) is 48.1 Å². The van der Waals surface area contributed by atoms with Crippen molar-refractivity contribution in [2.24, 2.45) is 0 Å². The molecule has 0 saturated heterocycles. The highest BCUT2D eigenvalue weighted by Gasteiger charge is 2.27. The monoisotopic (exact) mass is 652 g/mol. The van der Waals surface area contributed by atoms with Crippen LogP contribution in [0.4, 0.5) is 22.7 Å². The molecule has 4 N–H and O–H groups in total. The fourth-order valence-corrected chi connectivity index (χ4v) is 8.82. The van der Waals surface area contributed by atoms with E-state index in [2.05, 4.69) is 155 Å². The Balaban J connectivity index is 0.974. The first-order valence-corrected chi connectivity index (χ1v) is 18.5. The summed E-state index contributed by atoms with van der Waals surface area (Å²) in [7, 11) is 0. The maximum absolute atomic E-state index is 3.73. The second kappa shape index (κ2) is 12.7. The second-order valence-electron chi connectivity index (χ2n) is 13.4. The van der Waals surface area contributed by atoms with Crippen molar-refractivity contribution in [3.8, 4) is 20.9 Å². The maximum atomic E-state index is 3.73. The van der Waals surface area contributed by atoms with Crippen molar-refractivity contribution in [3.63, 3.8) is 0 Å². The van der Waals surface area contributed by atoms with Crippen LogP contribution in [0.1, 0.15) is 38.2 Å². The molecule has 0 saturated carbocycles. The van der Waals surface area contributed by atoms with Crippen LogP contribution in [-0.2, 0) is 6.42 Å². The zero-order valence-corrected chi connectivity index (χ0v) is 28.5. The third-order valence-electron chi connectivity index (χ3n) is 10.2. The summed E-state index contributed by atoms with van der Waals surface area (Å²) in [5.41, 5.74) is 11.2. The fourth-order valence-electron chi connectivity index (χ4n) is 7.60. The van der Waals surface area contributed by atoms with Gasteiger partial charge in [-0.05, 0) is 81.6 Å². The zero-order valence-electron chi connectivity index (χ0n) is 27.7. The zero-order chi connectivity index (χ0) is 32.7. The van der Waals surface area contributed by atoms with E-state index in [1.807, 2.05) is 11.3 Å². The van der Waals surface area contributed by atoms with Gasteiger partial charge in [-0.25, -0.2) is 0 Å². The molecule has 49 heavy (non-hydrogen) atoms. The Labute approximate surface area is 293 Å². The predicted molar refractivity (Wildman–Crippen MR) is 216 cm³/mol. The highest BCUT2D eigenvalue weighted by molar-refractivity contribution is 7.19. The third kappa shape index (κ3) is 5.62. The maximum Gasteiger partial charge on any atom is 0.406 e. The molecule has 0 bridgehead atoms. The summed E-state index contributed by atoms with van der Waals surface area (Å²) in [5.74, 6) is 0. The van der Waals surface area contributed by atoms with Gasteiger partial charge in [-0.15, -0.1) is 11.3 Å². The number of thiophene rings is 1. The van der Waals surface area contributed by atoms with Crippen LogP contribution in [0.15, 0.2) is 127 Å². The lowest BCUT2D eigenvalue weighted by molar-refractivity contribution is 0.668. The van der Waals surface area contributed by atoms with Gasteiger partial charge in [-0.3, -0.25) is 0 Å². The lowest BCUT2D eigenvalue weighted by atomic mass is 9.66. The Morgan fingerprint density at radius 1 is 0.510 bits per heavy atom. The molecule has 0 unspecified atom stereocenters. The first-order chi connectivity index (χ1) is 24.2. The van der Waals surface area contributed by atoms with E-state index in [4.69, 9.17) is 0 Å². The quantitative estimate of drug-likeness (QED) is 0.0927. The summed E-state index contributed by atoms with van der Waals surface area (Å²) in [6.07, 6.45) is 6.16. The van der Waals surface area contributed by atoms with Gasteiger partial charge in [-0.1, -0.05) is 123 Å². The van der Waals surface area contributed by atoms with Crippen molar-refractivity contribution >= 4 is 80.5 Å². The number of hydrogen-bond donors (Lipinski definition) is 4. The fraction of sp³-hybridized carbons (Fsp3) is 0.143. The molecule has 9 rings (SSSR count). The molecule has 0 amide bonds. The summed E-state index contributed by atoms with van der Waals surface area (Å²) < 4.78 is 0. The van der Waals surface area contributed by atoms with Gasteiger partial charge in [-0.2, -0.15) is 0 Å². The number of rotatable bonds is 9. The summed E-state index contributed by atoms with van der Waals surface area (Å²) in [4.78, 5) is 2.72. The molecule has 4 nitrogen and oxygen atoms in total. The van der Waals surface area contributed by atoms with Gasteiger partial charge in [0.2, 0.25) is 0 Å². The lowest BCUT2D eigenvalue weighted by Gasteiger charge is -2.27. The van der Waals surface area contributed by atoms with E-state index in [-0.39, 0.29) is 14.0 Å². The Morgan fingerprint density at radius 3 is 1.45 bits per heavy atom. The number of anilines is 4. The van der Waals surface area contributed by atoms with Crippen molar-refractivity contribution in [2.45, 2.75) is 39.0 Å². The van der Waals surface area contributed by atoms with Crippen molar-refractivity contribution < 1.29 is 0 Å². The molecule has 0 atom stereocenters. The standard InChI is InChI=1S/C42H38B2N4S/c1-2-3-4-5-10-32-27-39(28-19-23-33(24-20-28)43-45-35-15-6-11-29-12-7-16-36(46-43)40(29)35)49-42(32)31-21-25-34(26-22-31)44-47-37-17-8-13-30-14-9-18-38(48-44)41(30)37/h6-9,11-27,45-48H,2-5,10H2,1H3. The van der Waals surface area contributed by atoms with E-state index in [1.54, 1.807) is 0 Å². The molecular weight excluding hydrogens is 614 g/mol. The third-order valence-corrected chi connectivity index (χ3v) is 11.4. The van der Waals surface area contributed by atoms with Crippen LogP contribution in [0.2, 0.25) is 0 Å². The van der Waals surface area contributed by atoms with Gasteiger partial charge < -0.3 is 20.9 Å². The molecule has 7 heteroatoms. The molecule has 238 valence electrons. The number of unbranched alkanes of at least 4 members (excludes halogenated alkanes) is 3. The largest absolute Gasteiger partial charge is 0.406 e. The molecule has 0 radical (unpaired) electrons. The first kappa shape index (κ1) is 30.0. The van der Waals surface area contributed by atoms with Crippen LogP contribution < -0.4 is 31.8 Å². The van der Waals surface area contributed by atoms with E-state index in [1.165, 1.54) is 107 Å². The average molecular weight is 652 g/mol. The highest BCUT2D eigenvalue weighted by atomic mass is 32.1. The summed E-state index contributed by atoms with van der Waals surface area (Å²) >= 11 is 1.92. The molecule has 0 fully saturated rings. The Morgan fingerprint density at radius 2 is 0.980 bits per heavy atom. The number of aryl methyl sites for hydroxylation is 1. The minimum atomic E-state index is 0.0232. The van der Waals surface area contributed by atoms with E-state index in [9.17, 15) is 0 Å². The number of benzene rings is 6. The van der Waals surface area contributed by atoms with Crippen LogP contribution in [0.5, 0.6) is 0 Å². The molecular formula is C42H38B2N4S. The summed E-state index contributed by atoms with van der Waals surface area (Å²) in [6.45, 7) is 2.33.